The van der Waals surface area contributed by atoms with Gasteiger partial charge in [0.2, 0.25) is 0 Å². The molecule has 17 heavy (non-hydrogen) atoms. The molecule has 1 nitrogen and oxygen atoms in total. The maximum absolute atomic E-state index is 10.4. The van der Waals surface area contributed by atoms with Crippen molar-refractivity contribution in [2.75, 3.05) is 0 Å². The highest BCUT2D eigenvalue weighted by Gasteiger charge is 2.40. The number of aliphatic hydroxyl groups excluding tert-OH is 1. The molecule has 2 bridgehead atoms. The number of aryl methyl sites for hydroxylation is 2. The predicted molar refractivity (Wildman–Crippen MR) is 72.3 cm³/mol. The van der Waals surface area contributed by atoms with Crippen molar-refractivity contribution in [1.82, 2.24) is 0 Å². The highest BCUT2D eigenvalue weighted by atomic mass is 32.1. The van der Waals surface area contributed by atoms with Crippen LogP contribution >= 0.6 is 11.3 Å². The molecule has 0 aliphatic heterocycles. The number of hydrogen-bond acceptors (Lipinski definition) is 2. The molecule has 0 radical (unpaired) electrons. The van der Waals surface area contributed by atoms with Gasteiger partial charge in [0, 0.05) is 9.75 Å². The first kappa shape index (κ1) is 11.7. The van der Waals surface area contributed by atoms with Crippen LogP contribution in [0.4, 0.5) is 0 Å². The van der Waals surface area contributed by atoms with Crippen LogP contribution in [0, 0.1) is 31.6 Å². The Morgan fingerprint density at radius 2 is 2.18 bits per heavy atom. The van der Waals surface area contributed by atoms with Gasteiger partial charge in [0.25, 0.3) is 0 Å². The van der Waals surface area contributed by atoms with Gasteiger partial charge in [0.15, 0.2) is 0 Å². The van der Waals surface area contributed by atoms with E-state index in [0.717, 1.165) is 24.2 Å². The van der Waals surface area contributed by atoms with Crippen LogP contribution in [0.25, 0.3) is 0 Å². The lowest BCUT2D eigenvalue weighted by atomic mass is 9.84. The summed E-state index contributed by atoms with van der Waals surface area (Å²) in [4.78, 5) is 2.54. The van der Waals surface area contributed by atoms with Crippen molar-refractivity contribution in [3.05, 3.63) is 21.4 Å². The topological polar surface area (TPSA) is 20.2 Å². The summed E-state index contributed by atoms with van der Waals surface area (Å²) < 4.78 is 0. The Kier molecular flexibility index (Phi) is 3.04. The Hall–Kier alpha value is -0.340. The van der Waals surface area contributed by atoms with Crippen molar-refractivity contribution in [2.45, 2.75) is 52.1 Å². The van der Waals surface area contributed by atoms with E-state index < -0.39 is 0 Å². The zero-order valence-corrected chi connectivity index (χ0v) is 11.6. The molecule has 2 fully saturated rings. The zero-order chi connectivity index (χ0) is 12.0. The molecule has 3 rings (SSSR count). The molecule has 94 valence electrons. The second-order valence-electron chi connectivity index (χ2n) is 6.09. The molecule has 2 heteroatoms. The first-order chi connectivity index (χ1) is 8.13. The molecule has 2 saturated carbocycles. The maximum Gasteiger partial charge on any atom is 0.0887 e. The summed E-state index contributed by atoms with van der Waals surface area (Å²) in [7, 11) is 0. The van der Waals surface area contributed by atoms with Gasteiger partial charge in [-0.05, 0) is 68.9 Å². The minimum atomic E-state index is -0.210. The lowest BCUT2D eigenvalue weighted by Gasteiger charge is -2.24. The number of fused-ring (bicyclic) bond motifs is 2. The van der Waals surface area contributed by atoms with E-state index in [2.05, 4.69) is 19.9 Å². The van der Waals surface area contributed by atoms with Crippen molar-refractivity contribution in [1.29, 1.82) is 0 Å². The monoisotopic (exact) mass is 250 g/mol. The van der Waals surface area contributed by atoms with Crippen LogP contribution < -0.4 is 0 Å². The molecule has 0 saturated heterocycles. The lowest BCUT2D eigenvalue weighted by Crippen LogP contribution is -2.14. The molecule has 1 heterocycles. The number of hydrogen-bond donors (Lipinski definition) is 1. The van der Waals surface area contributed by atoms with E-state index in [1.807, 2.05) is 0 Å². The van der Waals surface area contributed by atoms with E-state index >= 15 is 0 Å². The molecule has 2 aliphatic carbocycles. The fourth-order valence-electron chi connectivity index (χ4n) is 4.05. The van der Waals surface area contributed by atoms with Crippen molar-refractivity contribution in [3.8, 4) is 0 Å². The van der Waals surface area contributed by atoms with Crippen LogP contribution in [0.2, 0.25) is 0 Å². The van der Waals surface area contributed by atoms with Gasteiger partial charge in [0.05, 0.1) is 6.10 Å². The van der Waals surface area contributed by atoms with E-state index in [1.54, 1.807) is 11.3 Å². The molecular weight excluding hydrogens is 228 g/mol. The summed E-state index contributed by atoms with van der Waals surface area (Å²) in [6, 6.07) is 2.20. The standard InChI is InChI=1S/C15H22OS/c1-9-5-10(2)17-15(9)14(16)8-13-7-11-3-4-12(13)6-11/h5,11-14,16H,3-4,6-8H2,1-2H3. The normalized spacial score (nSPS) is 33.2. The quantitative estimate of drug-likeness (QED) is 0.851. The van der Waals surface area contributed by atoms with Crippen LogP contribution in [0.5, 0.6) is 0 Å². The minimum absolute atomic E-state index is 0.210. The largest absolute Gasteiger partial charge is 0.388 e. The summed E-state index contributed by atoms with van der Waals surface area (Å²) in [5.41, 5.74) is 1.28. The molecule has 4 unspecified atom stereocenters. The van der Waals surface area contributed by atoms with Gasteiger partial charge in [-0.15, -0.1) is 11.3 Å². The van der Waals surface area contributed by atoms with Gasteiger partial charge in [-0.1, -0.05) is 6.42 Å². The molecular formula is C15H22OS. The van der Waals surface area contributed by atoms with Crippen LogP contribution in [0.1, 0.15) is 53.5 Å². The lowest BCUT2D eigenvalue weighted by molar-refractivity contribution is 0.128. The van der Waals surface area contributed by atoms with E-state index in [9.17, 15) is 5.11 Å². The van der Waals surface area contributed by atoms with Crippen molar-refractivity contribution >= 4 is 11.3 Å². The van der Waals surface area contributed by atoms with Crippen molar-refractivity contribution < 1.29 is 5.11 Å². The summed E-state index contributed by atoms with van der Waals surface area (Å²) in [6.45, 7) is 4.26. The highest BCUT2D eigenvalue weighted by molar-refractivity contribution is 7.12. The molecule has 2 aliphatic rings. The van der Waals surface area contributed by atoms with Crippen molar-refractivity contribution in [3.63, 3.8) is 0 Å². The number of rotatable bonds is 3. The third-order valence-electron chi connectivity index (χ3n) is 4.79. The molecule has 4 atom stereocenters. The average Bonchev–Trinajstić information content (AvgIpc) is 2.93. The number of thiophene rings is 1. The van der Waals surface area contributed by atoms with E-state index in [4.69, 9.17) is 0 Å². The summed E-state index contributed by atoms with van der Waals surface area (Å²) in [5, 5.41) is 10.4. The van der Waals surface area contributed by atoms with Crippen LogP contribution in [0.15, 0.2) is 6.07 Å². The van der Waals surface area contributed by atoms with Gasteiger partial charge in [-0.3, -0.25) is 0 Å². The highest BCUT2D eigenvalue weighted by Crippen LogP contribution is 2.51. The third-order valence-corrected chi connectivity index (χ3v) is 6.05. The first-order valence-corrected chi connectivity index (χ1v) is 7.70. The Labute approximate surface area is 108 Å². The molecule has 0 aromatic carbocycles. The second-order valence-corrected chi connectivity index (χ2v) is 7.38. The van der Waals surface area contributed by atoms with Gasteiger partial charge in [-0.2, -0.15) is 0 Å². The van der Waals surface area contributed by atoms with Gasteiger partial charge in [0.1, 0.15) is 0 Å². The first-order valence-electron chi connectivity index (χ1n) is 6.88. The molecule has 0 amide bonds. The molecule has 1 N–H and O–H groups in total. The smallest absolute Gasteiger partial charge is 0.0887 e. The molecule has 1 aromatic rings. The predicted octanol–water partition coefficient (Wildman–Crippen LogP) is 4.22. The summed E-state index contributed by atoms with van der Waals surface area (Å²) in [5.74, 6) is 2.71. The van der Waals surface area contributed by atoms with Gasteiger partial charge in [-0.25, -0.2) is 0 Å². The Bertz CT molecular complexity index is 409. The zero-order valence-electron chi connectivity index (χ0n) is 10.8. The average molecular weight is 250 g/mol. The van der Waals surface area contributed by atoms with Crippen LogP contribution in [-0.4, -0.2) is 5.11 Å². The maximum atomic E-state index is 10.4. The third kappa shape index (κ3) is 2.17. The summed E-state index contributed by atoms with van der Waals surface area (Å²) >= 11 is 1.78. The van der Waals surface area contributed by atoms with Gasteiger partial charge >= 0.3 is 0 Å². The van der Waals surface area contributed by atoms with Crippen molar-refractivity contribution in [2.24, 2.45) is 17.8 Å². The fraction of sp³-hybridized carbons (Fsp3) is 0.733. The Balaban J connectivity index is 1.67. The van der Waals surface area contributed by atoms with E-state index in [-0.39, 0.29) is 6.10 Å². The number of aliphatic hydroxyl groups is 1. The fourth-order valence-corrected chi connectivity index (χ4v) is 5.08. The minimum Gasteiger partial charge on any atom is -0.388 e. The SMILES string of the molecule is Cc1cc(C)c(C(O)CC2CC3CCC2C3)s1. The van der Waals surface area contributed by atoms with Gasteiger partial charge < -0.3 is 5.11 Å². The van der Waals surface area contributed by atoms with Crippen LogP contribution in [0.3, 0.4) is 0 Å². The Morgan fingerprint density at radius 1 is 1.35 bits per heavy atom. The molecule has 0 spiro atoms. The molecule has 1 aromatic heterocycles. The second kappa shape index (κ2) is 4.40. The van der Waals surface area contributed by atoms with Crippen LogP contribution in [-0.2, 0) is 0 Å². The summed E-state index contributed by atoms with van der Waals surface area (Å²) in [6.07, 6.45) is 6.49. The van der Waals surface area contributed by atoms with E-state index in [0.29, 0.717) is 0 Å². The Morgan fingerprint density at radius 3 is 2.71 bits per heavy atom. The van der Waals surface area contributed by atoms with E-state index in [1.165, 1.54) is 41.0 Å².